The summed E-state index contributed by atoms with van der Waals surface area (Å²) in [5, 5.41) is 3.90. The maximum atomic E-state index is 13.0. The first-order valence-electron chi connectivity index (χ1n) is 9.86. The van der Waals surface area contributed by atoms with E-state index in [2.05, 4.69) is 15.3 Å². The summed E-state index contributed by atoms with van der Waals surface area (Å²) >= 11 is 7.39. The highest BCUT2D eigenvalue weighted by molar-refractivity contribution is 7.98. The summed E-state index contributed by atoms with van der Waals surface area (Å²) in [5.41, 5.74) is 2.46. The Labute approximate surface area is 197 Å². The highest BCUT2D eigenvalue weighted by Gasteiger charge is 2.30. The highest BCUT2D eigenvalue weighted by Crippen LogP contribution is 2.32. The molecule has 0 saturated heterocycles. The van der Waals surface area contributed by atoms with Gasteiger partial charge in [-0.05, 0) is 42.3 Å². The van der Waals surface area contributed by atoms with E-state index in [-0.39, 0.29) is 18.2 Å². The number of hydrogen-bond acceptors (Lipinski definition) is 4. The molecule has 1 amide bonds. The lowest BCUT2D eigenvalue weighted by molar-refractivity contribution is -0.137. The van der Waals surface area contributed by atoms with E-state index in [9.17, 15) is 18.0 Å². The molecule has 0 radical (unpaired) electrons. The molecule has 1 N–H and O–H groups in total. The summed E-state index contributed by atoms with van der Waals surface area (Å²) in [4.78, 5) is 21.5. The molecule has 33 heavy (non-hydrogen) atoms. The summed E-state index contributed by atoms with van der Waals surface area (Å²) in [7, 11) is 0. The number of halogens is 4. The molecule has 2 aromatic heterocycles. The van der Waals surface area contributed by atoms with E-state index in [0.29, 0.717) is 32.5 Å². The molecule has 0 spiro atoms. The third kappa shape index (κ3) is 5.31. The van der Waals surface area contributed by atoms with Crippen molar-refractivity contribution in [1.29, 1.82) is 0 Å². The van der Waals surface area contributed by atoms with E-state index in [1.807, 2.05) is 6.92 Å². The van der Waals surface area contributed by atoms with Crippen molar-refractivity contribution in [3.8, 4) is 0 Å². The number of anilines is 1. The van der Waals surface area contributed by atoms with Gasteiger partial charge in [0.2, 0.25) is 5.91 Å². The fraction of sp³-hybridized carbons (Fsp3) is 0.174. The number of fused-ring (bicyclic) bond motifs is 1. The Morgan fingerprint density at radius 2 is 1.97 bits per heavy atom. The lowest BCUT2D eigenvalue weighted by Crippen LogP contribution is -2.19. The third-order valence-electron chi connectivity index (χ3n) is 4.98. The van der Waals surface area contributed by atoms with Gasteiger partial charge in [0.05, 0.1) is 22.8 Å². The molecule has 0 saturated carbocycles. The SMILES string of the molecule is Cc1c(Cl)cccc1NC(=O)Cn1c(SCc2cccc(C(F)(F)F)c2)nc2ccncc21. The number of thioether (sulfide) groups is 1. The Morgan fingerprint density at radius 3 is 2.76 bits per heavy atom. The van der Waals surface area contributed by atoms with Crippen LogP contribution in [-0.4, -0.2) is 20.4 Å². The molecule has 4 rings (SSSR count). The van der Waals surface area contributed by atoms with Gasteiger partial charge in [-0.1, -0.05) is 47.6 Å². The summed E-state index contributed by atoms with van der Waals surface area (Å²) in [5.74, 6) is -0.0279. The van der Waals surface area contributed by atoms with Crippen LogP contribution in [-0.2, 0) is 23.3 Å². The summed E-state index contributed by atoms with van der Waals surface area (Å²) in [6.07, 6.45) is -1.21. The van der Waals surface area contributed by atoms with Gasteiger partial charge in [-0.2, -0.15) is 13.2 Å². The largest absolute Gasteiger partial charge is 0.416 e. The molecular weight excluding hydrogens is 473 g/mol. The molecule has 2 heterocycles. The topological polar surface area (TPSA) is 59.8 Å². The van der Waals surface area contributed by atoms with Crippen LogP contribution in [0.1, 0.15) is 16.7 Å². The van der Waals surface area contributed by atoms with Crippen molar-refractivity contribution in [2.24, 2.45) is 0 Å². The number of carbonyl (C=O) groups excluding carboxylic acids is 1. The van der Waals surface area contributed by atoms with Crippen LogP contribution in [0.15, 0.2) is 66.1 Å². The minimum absolute atomic E-state index is 0.0426. The van der Waals surface area contributed by atoms with Gasteiger partial charge in [-0.25, -0.2) is 4.98 Å². The third-order valence-corrected chi connectivity index (χ3v) is 6.44. The number of carbonyl (C=O) groups is 1. The number of nitrogens with one attached hydrogen (secondary N) is 1. The number of alkyl halides is 3. The fourth-order valence-corrected chi connectivity index (χ4v) is 4.40. The predicted octanol–water partition coefficient (Wildman–Crippen LogP) is 6.34. The first-order valence-corrected chi connectivity index (χ1v) is 11.2. The molecule has 0 aliphatic carbocycles. The van der Waals surface area contributed by atoms with Crippen molar-refractivity contribution < 1.29 is 18.0 Å². The van der Waals surface area contributed by atoms with Gasteiger partial charge < -0.3 is 9.88 Å². The molecule has 0 fully saturated rings. The molecule has 0 aliphatic heterocycles. The van der Waals surface area contributed by atoms with Gasteiger partial charge in [-0.3, -0.25) is 9.78 Å². The number of rotatable bonds is 6. The lowest BCUT2D eigenvalue weighted by atomic mass is 10.1. The Bertz CT molecular complexity index is 1320. The quantitative estimate of drug-likeness (QED) is 0.320. The van der Waals surface area contributed by atoms with E-state index in [1.165, 1.54) is 17.8 Å². The monoisotopic (exact) mass is 490 g/mol. The number of benzene rings is 2. The Kier molecular flexibility index (Phi) is 6.62. The van der Waals surface area contributed by atoms with Crippen LogP contribution in [0.25, 0.3) is 11.0 Å². The van der Waals surface area contributed by atoms with E-state index < -0.39 is 11.7 Å². The lowest BCUT2D eigenvalue weighted by Gasteiger charge is -2.12. The van der Waals surface area contributed by atoms with Crippen molar-refractivity contribution >= 4 is 46.0 Å². The van der Waals surface area contributed by atoms with Crippen LogP contribution in [0, 0.1) is 6.92 Å². The van der Waals surface area contributed by atoms with Crippen LogP contribution >= 0.6 is 23.4 Å². The molecule has 0 bridgehead atoms. The molecule has 10 heteroatoms. The maximum absolute atomic E-state index is 13.0. The van der Waals surface area contributed by atoms with Crippen LogP contribution in [0.5, 0.6) is 0 Å². The van der Waals surface area contributed by atoms with Gasteiger partial charge in [0.25, 0.3) is 0 Å². The van der Waals surface area contributed by atoms with Crippen LogP contribution in [0.2, 0.25) is 5.02 Å². The summed E-state index contributed by atoms with van der Waals surface area (Å²) < 4.78 is 40.8. The van der Waals surface area contributed by atoms with E-state index in [0.717, 1.165) is 17.7 Å². The number of hydrogen-bond donors (Lipinski definition) is 1. The van der Waals surface area contributed by atoms with E-state index in [4.69, 9.17) is 11.6 Å². The summed E-state index contributed by atoms with van der Waals surface area (Å²) in [6.45, 7) is 1.77. The predicted molar refractivity (Wildman–Crippen MR) is 123 cm³/mol. The maximum Gasteiger partial charge on any atom is 0.416 e. The average molecular weight is 491 g/mol. The molecule has 2 aromatic carbocycles. The number of imidazole rings is 1. The zero-order valence-electron chi connectivity index (χ0n) is 17.4. The van der Waals surface area contributed by atoms with Crippen molar-refractivity contribution in [3.05, 3.63) is 82.6 Å². The van der Waals surface area contributed by atoms with Crippen LogP contribution in [0.4, 0.5) is 18.9 Å². The highest BCUT2D eigenvalue weighted by atomic mass is 35.5. The van der Waals surface area contributed by atoms with Crippen LogP contribution < -0.4 is 5.32 Å². The fourth-order valence-electron chi connectivity index (χ4n) is 3.27. The zero-order valence-corrected chi connectivity index (χ0v) is 18.9. The molecule has 5 nitrogen and oxygen atoms in total. The second-order valence-corrected chi connectivity index (χ2v) is 8.64. The number of aromatic nitrogens is 3. The number of pyridine rings is 1. The molecule has 4 aromatic rings. The Balaban J connectivity index is 1.57. The van der Waals surface area contributed by atoms with Crippen LogP contribution in [0.3, 0.4) is 0 Å². The van der Waals surface area contributed by atoms with Crippen molar-refractivity contribution in [2.45, 2.75) is 30.6 Å². The van der Waals surface area contributed by atoms with Gasteiger partial charge in [0.1, 0.15) is 6.54 Å². The van der Waals surface area contributed by atoms with Crippen molar-refractivity contribution in [2.75, 3.05) is 5.32 Å². The second kappa shape index (κ2) is 9.44. The first kappa shape index (κ1) is 23.1. The Hall–Kier alpha value is -3.04. The van der Waals surface area contributed by atoms with Gasteiger partial charge >= 0.3 is 6.18 Å². The molecule has 0 aliphatic rings. The van der Waals surface area contributed by atoms with Crippen molar-refractivity contribution in [1.82, 2.24) is 14.5 Å². The van der Waals surface area contributed by atoms with Gasteiger partial charge in [-0.15, -0.1) is 0 Å². The van der Waals surface area contributed by atoms with E-state index >= 15 is 0 Å². The molecule has 0 unspecified atom stereocenters. The molecule has 0 atom stereocenters. The van der Waals surface area contributed by atoms with Crippen molar-refractivity contribution in [3.63, 3.8) is 0 Å². The number of nitrogens with zero attached hydrogens (tertiary/aromatic N) is 3. The molecule has 170 valence electrons. The average Bonchev–Trinajstić information content (AvgIpc) is 3.12. The first-order chi connectivity index (χ1) is 15.7. The Morgan fingerprint density at radius 1 is 1.18 bits per heavy atom. The minimum Gasteiger partial charge on any atom is -0.324 e. The number of amides is 1. The normalized spacial score (nSPS) is 11.7. The summed E-state index contributed by atoms with van der Waals surface area (Å²) in [6, 6.07) is 12.1. The minimum atomic E-state index is -4.41. The second-order valence-electron chi connectivity index (χ2n) is 7.29. The standard InChI is InChI=1S/C23H18ClF3N4OS/c1-14-17(24)6-3-7-18(14)29-21(32)12-31-20-11-28-9-8-19(20)30-22(31)33-13-15-4-2-5-16(10-15)23(25,26)27/h2-11H,12-13H2,1H3,(H,29,32). The van der Waals surface area contributed by atoms with Gasteiger partial charge in [0.15, 0.2) is 5.16 Å². The smallest absolute Gasteiger partial charge is 0.324 e. The zero-order chi connectivity index (χ0) is 23.6. The molecular formula is C23H18ClF3N4OS. The van der Waals surface area contributed by atoms with Gasteiger partial charge in [0, 0.05) is 22.7 Å². The van der Waals surface area contributed by atoms with E-state index in [1.54, 1.807) is 47.3 Å².